The van der Waals surface area contributed by atoms with Crippen LogP contribution in [0.3, 0.4) is 0 Å². The molecule has 0 spiro atoms. The Bertz CT molecular complexity index is 4550. The molecular weight excluding hydrogens is 1760 g/mol. The number of primary amides is 2. The van der Waals surface area contributed by atoms with Crippen molar-refractivity contribution < 1.29 is 132 Å². The van der Waals surface area contributed by atoms with Crippen molar-refractivity contribution in [2.45, 2.75) is 227 Å². The quantitative estimate of drug-likeness (QED) is 0.0142. The second kappa shape index (κ2) is 57.8. The van der Waals surface area contributed by atoms with Crippen LogP contribution in [0.4, 0.5) is 0 Å². The maximum atomic E-state index is 15.3. The molecule has 35 N–H and O–H groups in total. The number of nitrogens with one attached hydrogen (secondary N) is 18. The van der Waals surface area contributed by atoms with Gasteiger partial charge in [-0.2, -0.15) is 0 Å². The number of aliphatic hydroxyl groups excluding tert-OH is 3. The normalized spacial score (nSPS) is 20.9. The van der Waals surface area contributed by atoms with Gasteiger partial charge >= 0.3 is 11.9 Å². The Hall–Kier alpha value is -14.3. The van der Waals surface area contributed by atoms with E-state index in [2.05, 4.69) is 74.4 Å². The molecule has 8 unspecified atom stereocenters. The van der Waals surface area contributed by atoms with Crippen LogP contribution in [-0.4, -0.2) is 297 Å². The predicted molar refractivity (Wildman–Crippen MR) is 473 cm³/mol. The van der Waals surface area contributed by atoms with E-state index in [1.54, 1.807) is 19.9 Å². The number of hydrogen-bond acceptors (Lipinski definition) is 28. The van der Waals surface area contributed by atoms with Crippen molar-refractivity contribution >= 4 is 124 Å². The molecule has 0 saturated carbocycles. The van der Waals surface area contributed by atoms with E-state index in [9.17, 15) is 117 Å². The van der Waals surface area contributed by atoms with Crippen molar-refractivity contribution in [3.63, 3.8) is 0 Å². The number of benzene rings is 3. The molecule has 3 aromatic carbocycles. The van der Waals surface area contributed by atoms with Crippen LogP contribution < -0.4 is 119 Å². The number of aromatic hydroxyl groups is 2. The molecule has 738 valence electrons. The van der Waals surface area contributed by atoms with E-state index in [-0.39, 0.29) is 101 Å². The summed E-state index contributed by atoms with van der Waals surface area (Å²) >= 11 is 0. The Balaban J connectivity index is 1.93. The van der Waals surface area contributed by atoms with Gasteiger partial charge in [0.2, 0.25) is 106 Å². The van der Waals surface area contributed by atoms with Gasteiger partial charge in [-0.15, -0.1) is 0 Å². The Morgan fingerprint density at radius 1 is 0.425 bits per heavy atom. The van der Waals surface area contributed by atoms with E-state index in [1.807, 2.05) is 16.0 Å². The minimum atomic E-state index is -2.29. The summed E-state index contributed by atoms with van der Waals surface area (Å²) in [7, 11) is 0. The van der Waals surface area contributed by atoms with Gasteiger partial charge in [-0.05, 0) is 124 Å². The first-order valence-corrected chi connectivity index (χ1v) is 43.1. The molecule has 4 rings (SSSR count). The fourth-order valence-electron chi connectivity index (χ4n) is 13.3. The van der Waals surface area contributed by atoms with Gasteiger partial charge in [0.05, 0.1) is 39.1 Å². The van der Waals surface area contributed by atoms with Crippen LogP contribution in [0, 0.1) is 17.2 Å². The first-order valence-electron chi connectivity index (χ1n) is 43.1. The number of guanidine groups is 1. The lowest BCUT2D eigenvalue weighted by Crippen LogP contribution is -2.63. The highest BCUT2D eigenvalue weighted by Gasteiger charge is 2.41. The molecule has 50 heteroatoms. The van der Waals surface area contributed by atoms with Crippen LogP contribution in [0.15, 0.2) is 78.9 Å². The molecule has 0 radical (unpaired) electrons. The van der Waals surface area contributed by atoms with Gasteiger partial charge in [-0.25, -0.2) is 0 Å². The Morgan fingerprint density at radius 3 is 1.26 bits per heavy atom. The molecule has 15 atom stereocenters. The Morgan fingerprint density at radius 2 is 0.813 bits per heavy atom. The summed E-state index contributed by atoms with van der Waals surface area (Å²) in [6.07, 6.45) is -6.86. The fourth-order valence-corrected chi connectivity index (χ4v) is 13.3. The molecule has 50 nitrogen and oxygen atoms in total. The summed E-state index contributed by atoms with van der Waals surface area (Å²) in [5, 5.41) is 119. The summed E-state index contributed by atoms with van der Waals surface area (Å²) in [4.78, 5) is 281. The molecule has 1 aliphatic rings. The van der Waals surface area contributed by atoms with Crippen LogP contribution >= 0.6 is 0 Å². The number of aliphatic hydroxyl groups is 3. The standard InChI is InChI=1S/C84H125N23O27/c1-42(2)31-52-73(124)103-59(80(131)96-49(15-8-10-28-85)70(121)94-50(16-9-11-29-86)71(122)97-55(34-46-20-24-48(112)25-21-46)75(126)95-51(17-12-30-91-84(89)90)72(123)104-60(39-108)69(88)120)38-92-64(114)26-27-65(115)93-53(33-45-18-22-47(111)23-19-45)74(125)98-54(32-44-13-6-5-7-14-44)76(127)100-57(36-66(116)117)77(128)101-58(37-67(118)119)78(129)105-62(41-110)82(133)106-61(40-109)81(132)99-56(35-63(87)113)79(130)107-68(43(3)4)83(134)102-52/h5-7,13-14,18-25,42-43,49-62,68,108-112H,8-12,15-17,26-41,85-86H2,1-4H3,(H2,87,113)(H2,88,120)(H,92,114)(H,93,115)(H,94,121)(H,95,126)(H,96,131)(H,97,122)(H,98,125)(H,99,132)(H,100,127)(H,101,128)(H,102,134)(H,103,124)(H,104,123)(H,105,129)(H,106,133)(H,107,130)(H,116,117)(H,118,119)(H4,89,90,91)/t49?,50-,51-,52-,53-,54?,55?,56-,57-,58?,59?,60?,61?,62-,68?/m0/s1. The van der Waals surface area contributed by atoms with E-state index in [4.69, 9.17) is 34.1 Å². The Kier molecular flexibility index (Phi) is 48.3. The maximum Gasteiger partial charge on any atom is 0.305 e. The zero-order valence-electron chi connectivity index (χ0n) is 74.5. The SMILES string of the molecule is CC(C)C[C@@H]1NC(=O)C(C(C)C)NC(=O)[C@H](CC(N)=O)NC(=O)C(CO)NC(=O)[C@H](CO)NC(=O)C(CC(=O)O)NC(=O)[C@H](CC(=O)O)NC(=O)C(Cc2ccccc2)NC(=O)[C@H](Cc2ccc(O)cc2)NC(=O)CCC(=O)NCC(C(=O)NC(CCCCN)C(=O)N[C@@H](CCCCN)C(=O)NC(Cc2ccc(O)cc2)C(=O)N[C@@H](CCCNC(=N)N)C(=O)NC(CO)C(N)=O)NC1=O. The highest BCUT2D eigenvalue weighted by Crippen LogP contribution is 2.18. The predicted octanol–water partition coefficient (Wildman–Crippen LogP) is -10.2. The number of aliphatic carboxylic acids is 2. The number of nitrogens with two attached hydrogens (primary N) is 5. The molecule has 0 aliphatic carbocycles. The summed E-state index contributed by atoms with van der Waals surface area (Å²) in [6, 6.07) is -9.95. The molecule has 3 aromatic rings. The van der Waals surface area contributed by atoms with E-state index < -0.39 is 298 Å². The van der Waals surface area contributed by atoms with Crippen LogP contribution in [0.1, 0.15) is 134 Å². The van der Waals surface area contributed by atoms with Crippen molar-refractivity contribution in [3.05, 3.63) is 95.6 Å². The average Bonchev–Trinajstić information content (AvgIpc) is 0.853. The minimum Gasteiger partial charge on any atom is -0.508 e. The highest BCUT2D eigenvalue weighted by molar-refractivity contribution is 6.03. The lowest BCUT2D eigenvalue weighted by molar-refractivity contribution is -0.143. The topological polar surface area (TPSA) is 841 Å². The summed E-state index contributed by atoms with van der Waals surface area (Å²) in [5.74, 6) is -28.1. The van der Waals surface area contributed by atoms with E-state index in [1.165, 1.54) is 86.6 Å². The lowest BCUT2D eigenvalue weighted by Gasteiger charge is -2.29. The van der Waals surface area contributed by atoms with Crippen LogP contribution in [0.2, 0.25) is 0 Å². The van der Waals surface area contributed by atoms with Gasteiger partial charge in [0.25, 0.3) is 0 Å². The highest BCUT2D eigenvalue weighted by atomic mass is 16.4. The third-order valence-electron chi connectivity index (χ3n) is 20.6. The smallest absolute Gasteiger partial charge is 0.305 e. The van der Waals surface area contributed by atoms with Crippen molar-refractivity contribution in [2.75, 3.05) is 46.0 Å². The number of carboxylic acids is 2. The van der Waals surface area contributed by atoms with Gasteiger partial charge in [-0.3, -0.25) is 101 Å². The third-order valence-corrected chi connectivity index (χ3v) is 20.6. The van der Waals surface area contributed by atoms with Crippen LogP contribution in [0.5, 0.6) is 11.5 Å². The van der Waals surface area contributed by atoms with E-state index in [0.717, 1.165) is 0 Å². The maximum absolute atomic E-state index is 15.3. The van der Waals surface area contributed by atoms with Gasteiger partial charge < -0.3 is 155 Å². The molecule has 18 amide bonds. The summed E-state index contributed by atoms with van der Waals surface area (Å²) in [5.41, 5.74) is 29.0. The van der Waals surface area contributed by atoms with Crippen molar-refractivity contribution in [3.8, 4) is 11.5 Å². The van der Waals surface area contributed by atoms with Crippen molar-refractivity contribution in [1.29, 1.82) is 5.41 Å². The zero-order valence-corrected chi connectivity index (χ0v) is 74.5. The van der Waals surface area contributed by atoms with Crippen molar-refractivity contribution in [2.24, 2.45) is 40.5 Å². The molecular formula is C84H125N23O27. The minimum absolute atomic E-state index is 0.00183. The lowest BCUT2D eigenvalue weighted by atomic mass is 9.99. The van der Waals surface area contributed by atoms with E-state index >= 15 is 14.4 Å². The van der Waals surface area contributed by atoms with Gasteiger partial charge in [-0.1, -0.05) is 82.3 Å². The second-order valence-electron chi connectivity index (χ2n) is 32.4. The molecule has 1 fully saturated rings. The first kappa shape index (κ1) is 112. The molecule has 1 saturated heterocycles. The summed E-state index contributed by atoms with van der Waals surface area (Å²) in [6.45, 7) is 1.52. The number of phenolic OH excluding ortho intramolecular Hbond substituents is 2. The molecule has 1 heterocycles. The van der Waals surface area contributed by atoms with Crippen LogP contribution in [-0.2, 0) is 115 Å². The van der Waals surface area contributed by atoms with Gasteiger partial charge in [0.1, 0.15) is 102 Å². The number of unbranched alkanes of at least 4 members (excludes halogenated alkanes) is 2. The Labute approximate surface area is 769 Å². The van der Waals surface area contributed by atoms with E-state index in [0.29, 0.717) is 11.1 Å². The number of carboxylic acid groups (broad SMARTS) is 2. The van der Waals surface area contributed by atoms with Gasteiger partial charge in [0.15, 0.2) is 5.96 Å². The largest absolute Gasteiger partial charge is 0.508 e. The molecule has 134 heavy (non-hydrogen) atoms. The monoisotopic (exact) mass is 1890 g/mol. The van der Waals surface area contributed by atoms with Gasteiger partial charge in [0, 0.05) is 45.2 Å². The third kappa shape index (κ3) is 40.6. The van der Waals surface area contributed by atoms with Crippen LogP contribution in [0.25, 0.3) is 0 Å². The first-order chi connectivity index (χ1) is 63.4. The summed E-state index contributed by atoms with van der Waals surface area (Å²) < 4.78 is 0. The molecule has 0 aromatic heterocycles. The number of amides is 18. The zero-order chi connectivity index (χ0) is 100. The number of carbonyl (C=O) groups is 20. The number of carbonyl (C=O) groups excluding carboxylic acids is 18. The average molecular weight is 1890 g/mol. The number of rotatable bonds is 41. The fraction of sp³-hybridized carbons (Fsp3) is 0.536. The molecule has 0 bridgehead atoms. The second-order valence-corrected chi connectivity index (χ2v) is 32.4. The number of hydrogen-bond donors (Lipinski definition) is 30. The number of phenols is 2. The van der Waals surface area contributed by atoms with Crippen molar-refractivity contribution in [1.82, 2.24) is 90.4 Å². The molecule has 1 aliphatic heterocycles.